The van der Waals surface area contributed by atoms with E-state index in [1.54, 1.807) is 11.3 Å². The van der Waals surface area contributed by atoms with Gasteiger partial charge in [-0.3, -0.25) is 9.69 Å². The Morgan fingerprint density at radius 1 is 1.70 bits per heavy atom. The minimum absolute atomic E-state index is 0.0942. The van der Waals surface area contributed by atoms with Gasteiger partial charge in [0.25, 0.3) is 0 Å². The second-order valence-corrected chi connectivity index (χ2v) is 6.31. The molecule has 0 saturated carbocycles. The van der Waals surface area contributed by atoms with Crippen molar-refractivity contribution >= 4 is 17.2 Å². The minimum Gasteiger partial charge on any atom is -0.389 e. The number of carbonyl (C=O) groups excluding carboxylic acids is 1. The number of aliphatic hydroxyl groups is 2. The van der Waals surface area contributed by atoms with E-state index >= 15 is 0 Å². The Balaban J connectivity index is 1.91. The van der Waals surface area contributed by atoms with Crippen molar-refractivity contribution in [3.8, 4) is 0 Å². The molecule has 1 fully saturated rings. The highest BCUT2D eigenvalue weighted by molar-refractivity contribution is 7.09. The normalized spacial score (nSPS) is 27.5. The molecule has 0 unspecified atom stereocenters. The van der Waals surface area contributed by atoms with Crippen molar-refractivity contribution in [2.75, 3.05) is 19.6 Å². The average molecular weight is 299 g/mol. The summed E-state index contributed by atoms with van der Waals surface area (Å²) in [4.78, 5) is 18.4. The maximum Gasteiger partial charge on any atom is 0.216 e. The van der Waals surface area contributed by atoms with E-state index in [9.17, 15) is 15.0 Å². The summed E-state index contributed by atoms with van der Waals surface area (Å²) in [5.41, 5.74) is 1.60. The molecule has 1 aromatic heterocycles. The molecule has 2 heterocycles. The van der Waals surface area contributed by atoms with Gasteiger partial charge in [-0.1, -0.05) is 0 Å². The van der Waals surface area contributed by atoms with Crippen LogP contribution in [0.15, 0.2) is 5.51 Å². The monoisotopic (exact) mass is 299 g/mol. The number of hydrogen-bond donors (Lipinski definition) is 3. The summed E-state index contributed by atoms with van der Waals surface area (Å²) in [7, 11) is 0. The number of aliphatic hydroxyl groups excluding tert-OH is 1. The van der Waals surface area contributed by atoms with Crippen molar-refractivity contribution < 1.29 is 15.0 Å². The van der Waals surface area contributed by atoms with Crippen LogP contribution in [-0.4, -0.2) is 57.3 Å². The van der Waals surface area contributed by atoms with Crippen molar-refractivity contribution in [3.63, 3.8) is 0 Å². The fraction of sp³-hybridized carbons (Fsp3) is 0.692. The summed E-state index contributed by atoms with van der Waals surface area (Å²) >= 11 is 1.60. The van der Waals surface area contributed by atoms with Gasteiger partial charge in [0.1, 0.15) is 5.60 Å². The number of amides is 1. The molecule has 0 bridgehead atoms. The molecule has 0 spiro atoms. The Morgan fingerprint density at radius 2 is 2.45 bits per heavy atom. The van der Waals surface area contributed by atoms with Gasteiger partial charge in [-0.2, -0.15) is 0 Å². The van der Waals surface area contributed by atoms with E-state index in [0.29, 0.717) is 19.5 Å². The van der Waals surface area contributed by atoms with Gasteiger partial charge >= 0.3 is 0 Å². The van der Waals surface area contributed by atoms with E-state index in [-0.39, 0.29) is 12.5 Å². The Bertz CT molecular complexity index is 479. The van der Waals surface area contributed by atoms with E-state index in [1.165, 1.54) is 11.8 Å². The number of aryl methyl sites for hydroxylation is 1. The maximum absolute atomic E-state index is 10.9. The third kappa shape index (κ3) is 3.54. The fourth-order valence-corrected chi connectivity index (χ4v) is 3.15. The number of thiazole rings is 1. The number of carbonyl (C=O) groups is 1. The van der Waals surface area contributed by atoms with Crippen LogP contribution in [0.4, 0.5) is 0 Å². The first-order valence-corrected chi connectivity index (χ1v) is 7.55. The lowest BCUT2D eigenvalue weighted by molar-refractivity contribution is -0.130. The first-order valence-electron chi connectivity index (χ1n) is 6.67. The molecule has 1 aliphatic rings. The molecular formula is C13H21N3O3S. The molecule has 1 aromatic rings. The highest BCUT2D eigenvalue weighted by Crippen LogP contribution is 2.25. The second-order valence-electron chi connectivity index (χ2n) is 5.38. The number of nitrogens with one attached hydrogen (secondary N) is 1. The largest absolute Gasteiger partial charge is 0.389 e. The SMILES string of the molecule is CC(=O)NC[C@]1(O)CCN(Cc2scnc2C)C[C@H]1O. The minimum atomic E-state index is -1.23. The third-order valence-corrected chi connectivity index (χ3v) is 4.69. The Morgan fingerprint density at radius 3 is 3.00 bits per heavy atom. The maximum atomic E-state index is 10.9. The lowest BCUT2D eigenvalue weighted by Crippen LogP contribution is -2.59. The number of rotatable bonds is 4. The van der Waals surface area contributed by atoms with Crippen LogP contribution in [0.25, 0.3) is 0 Å². The summed E-state index contributed by atoms with van der Waals surface area (Å²) < 4.78 is 0. The molecule has 20 heavy (non-hydrogen) atoms. The molecule has 7 heteroatoms. The first-order chi connectivity index (χ1) is 9.40. The van der Waals surface area contributed by atoms with Crippen LogP contribution in [-0.2, 0) is 11.3 Å². The lowest BCUT2D eigenvalue weighted by atomic mass is 9.88. The number of aromatic nitrogens is 1. The topological polar surface area (TPSA) is 85.7 Å². The molecule has 112 valence electrons. The van der Waals surface area contributed by atoms with E-state index in [0.717, 1.165) is 12.2 Å². The molecular weight excluding hydrogens is 278 g/mol. The Kier molecular flexibility index (Phi) is 4.74. The van der Waals surface area contributed by atoms with Crippen molar-refractivity contribution in [1.29, 1.82) is 0 Å². The second kappa shape index (κ2) is 6.17. The van der Waals surface area contributed by atoms with Crippen molar-refractivity contribution in [3.05, 3.63) is 16.1 Å². The van der Waals surface area contributed by atoms with Crippen LogP contribution in [0.5, 0.6) is 0 Å². The Labute approximate surface area is 122 Å². The molecule has 1 aliphatic heterocycles. The van der Waals surface area contributed by atoms with Crippen LogP contribution in [0.3, 0.4) is 0 Å². The van der Waals surface area contributed by atoms with Crippen molar-refractivity contribution in [2.24, 2.45) is 0 Å². The standard InChI is InChI=1S/C13H21N3O3S/c1-9-11(20-8-15-9)5-16-4-3-13(19,12(18)6-16)7-14-10(2)17/h8,12,18-19H,3-7H2,1-2H3,(H,14,17)/t12-,13-/m1/s1. The van der Waals surface area contributed by atoms with Gasteiger partial charge in [0, 0.05) is 38.0 Å². The summed E-state index contributed by atoms with van der Waals surface area (Å²) in [6, 6.07) is 0. The molecule has 1 saturated heterocycles. The highest BCUT2D eigenvalue weighted by atomic mass is 32.1. The molecule has 0 aromatic carbocycles. The summed E-state index contributed by atoms with van der Waals surface area (Å²) in [5.74, 6) is -0.201. The van der Waals surface area contributed by atoms with Gasteiger partial charge in [-0.05, 0) is 13.3 Å². The quantitative estimate of drug-likeness (QED) is 0.722. The number of likely N-dealkylation sites (tertiary alicyclic amines) is 1. The van der Waals surface area contributed by atoms with Crippen LogP contribution in [0.2, 0.25) is 0 Å². The molecule has 2 atom stereocenters. The highest BCUT2D eigenvalue weighted by Gasteiger charge is 2.40. The van der Waals surface area contributed by atoms with Crippen LogP contribution >= 0.6 is 11.3 Å². The summed E-state index contributed by atoms with van der Waals surface area (Å²) in [6.07, 6.45) is -0.428. The third-order valence-electron chi connectivity index (χ3n) is 3.77. The fourth-order valence-electron chi connectivity index (χ4n) is 2.33. The number of piperidine rings is 1. The zero-order valence-corrected chi connectivity index (χ0v) is 12.6. The summed E-state index contributed by atoms with van der Waals surface area (Å²) in [6.45, 7) is 5.29. The molecule has 2 rings (SSSR count). The summed E-state index contributed by atoms with van der Waals surface area (Å²) in [5, 5.41) is 23.1. The van der Waals surface area contributed by atoms with Gasteiger partial charge in [0.05, 0.1) is 17.3 Å². The van der Waals surface area contributed by atoms with E-state index < -0.39 is 11.7 Å². The van der Waals surface area contributed by atoms with Gasteiger partial charge < -0.3 is 15.5 Å². The van der Waals surface area contributed by atoms with Gasteiger partial charge in [0.2, 0.25) is 5.91 Å². The van der Waals surface area contributed by atoms with Gasteiger partial charge in [-0.15, -0.1) is 11.3 Å². The van der Waals surface area contributed by atoms with Crippen LogP contribution in [0.1, 0.15) is 23.9 Å². The van der Waals surface area contributed by atoms with E-state index in [4.69, 9.17) is 0 Å². The average Bonchev–Trinajstić information content (AvgIpc) is 2.78. The van der Waals surface area contributed by atoms with E-state index in [2.05, 4.69) is 15.2 Å². The van der Waals surface area contributed by atoms with Gasteiger partial charge in [-0.25, -0.2) is 4.98 Å². The van der Waals surface area contributed by atoms with Crippen LogP contribution < -0.4 is 5.32 Å². The van der Waals surface area contributed by atoms with E-state index in [1.807, 2.05) is 12.4 Å². The number of hydrogen-bond acceptors (Lipinski definition) is 6. The predicted molar refractivity (Wildman–Crippen MR) is 76.4 cm³/mol. The van der Waals surface area contributed by atoms with Crippen molar-refractivity contribution in [2.45, 2.75) is 38.5 Å². The lowest BCUT2D eigenvalue weighted by Gasteiger charge is -2.42. The molecule has 3 N–H and O–H groups in total. The van der Waals surface area contributed by atoms with Gasteiger partial charge in [0.15, 0.2) is 0 Å². The number of β-amino-alcohol motifs (C(OH)–C–C–N with tert-alkyl or cyclic N) is 1. The van der Waals surface area contributed by atoms with Crippen molar-refractivity contribution in [1.82, 2.24) is 15.2 Å². The zero-order chi connectivity index (χ0) is 14.8. The number of nitrogens with zero attached hydrogens (tertiary/aromatic N) is 2. The molecule has 1 amide bonds. The molecule has 0 radical (unpaired) electrons. The Hall–Kier alpha value is -1.02. The zero-order valence-electron chi connectivity index (χ0n) is 11.8. The first kappa shape index (κ1) is 15.4. The molecule has 0 aliphatic carbocycles. The van der Waals surface area contributed by atoms with Crippen LogP contribution in [0, 0.1) is 6.92 Å². The molecule has 6 nitrogen and oxygen atoms in total. The predicted octanol–water partition coefficient (Wildman–Crippen LogP) is -0.115. The smallest absolute Gasteiger partial charge is 0.216 e.